The zero-order valence-corrected chi connectivity index (χ0v) is 33.1. The Hall–Kier alpha value is -4.78. The molecular formula is C41H62N6O7. The molecule has 7 atom stereocenters. The molecule has 0 bridgehead atoms. The average molecular weight is 751 g/mol. The Bertz CT molecular complexity index is 1520. The number of nitrogens with two attached hydrogens (primary N) is 1. The number of hydrogen-bond acceptors (Lipinski definition) is 7. The second-order valence-electron chi connectivity index (χ2n) is 15.3. The summed E-state index contributed by atoms with van der Waals surface area (Å²) in [6, 6.07) is 12.8. The highest BCUT2D eigenvalue weighted by Gasteiger charge is 2.34. The first kappa shape index (κ1) is 45.4. The van der Waals surface area contributed by atoms with Crippen molar-refractivity contribution in [2.45, 2.75) is 124 Å². The molecule has 0 aliphatic carbocycles. The highest BCUT2D eigenvalue weighted by molar-refractivity contribution is 5.93. The van der Waals surface area contributed by atoms with Crippen LogP contribution in [0.2, 0.25) is 0 Å². The van der Waals surface area contributed by atoms with E-state index in [0.717, 1.165) is 11.1 Å². The number of benzene rings is 2. The van der Waals surface area contributed by atoms with E-state index >= 15 is 0 Å². The monoisotopic (exact) mass is 750 g/mol. The first-order chi connectivity index (χ1) is 25.4. The lowest BCUT2D eigenvalue weighted by molar-refractivity contribution is -0.143. The maximum absolute atomic E-state index is 14.0. The van der Waals surface area contributed by atoms with E-state index in [4.69, 9.17) is 5.73 Å². The minimum atomic E-state index is -1.17. The number of amides is 5. The Kier molecular flexibility index (Phi) is 18.9. The average Bonchev–Trinajstić information content (AvgIpc) is 3.10. The molecule has 0 heterocycles. The second-order valence-corrected chi connectivity index (χ2v) is 15.3. The Morgan fingerprint density at radius 1 is 0.593 bits per heavy atom. The van der Waals surface area contributed by atoms with Crippen molar-refractivity contribution in [3.05, 3.63) is 71.8 Å². The molecule has 0 fully saturated rings. The SMILES string of the molecule is CC[C@H](C)[C@H](NC(=O)C[C@H](N)C(Cc1ccccc1)NC(=O)C(NC(=O)C(Cc1ccccc1)NC(=O)CC(C)C)C(C)C)C(=O)NC(C(=O)O)C(C)C. The highest BCUT2D eigenvalue weighted by Crippen LogP contribution is 2.14. The molecule has 5 amide bonds. The van der Waals surface area contributed by atoms with Gasteiger partial charge in [-0.15, -0.1) is 0 Å². The minimum Gasteiger partial charge on any atom is -0.480 e. The molecule has 0 aliphatic rings. The Labute approximate surface area is 320 Å². The van der Waals surface area contributed by atoms with Gasteiger partial charge in [-0.25, -0.2) is 4.79 Å². The Morgan fingerprint density at radius 2 is 1.07 bits per heavy atom. The fourth-order valence-electron chi connectivity index (χ4n) is 5.97. The number of carbonyl (C=O) groups is 6. The molecule has 0 spiro atoms. The molecule has 2 rings (SSSR count). The smallest absolute Gasteiger partial charge is 0.326 e. The first-order valence-corrected chi connectivity index (χ1v) is 19.0. The first-order valence-electron chi connectivity index (χ1n) is 19.0. The molecule has 0 saturated carbocycles. The van der Waals surface area contributed by atoms with Gasteiger partial charge in [-0.3, -0.25) is 24.0 Å². The number of aliphatic carboxylic acids is 1. The number of carbonyl (C=O) groups excluding carboxylic acids is 5. The van der Waals surface area contributed by atoms with Crippen LogP contribution in [0.5, 0.6) is 0 Å². The molecule has 0 radical (unpaired) electrons. The van der Waals surface area contributed by atoms with Gasteiger partial charge in [-0.1, -0.05) is 122 Å². The summed E-state index contributed by atoms with van der Waals surface area (Å²) in [6.45, 7) is 14.4. The molecular weight excluding hydrogens is 688 g/mol. The van der Waals surface area contributed by atoms with Crippen molar-refractivity contribution >= 4 is 35.5 Å². The maximum Gasteiger partial charge on any atom is 0.326 e. The summed E-state index contributed by atoms with van der Waals surface area (Å²) < 4.78 is 0. The Morgan fingerprint density at radius 3 is 1.56 bits per heavy atom. The van der Waals surface area contributed by atoms with Crippen LogP contribution < -0.4 is 32.3 Å². The third kappa shape index (κ3) is 15.3. The normalized spacial score (nSPS) is 15.3. The number of hydrogen-bond donors (Lipinski definition) is 7. The summed E-state index contributed by atoms with van der Waals surface area (Å²) in [7, 11) is 0. The molecule has 0 aliphatic heterocycles. The van der Waals surface area contributed by atoms with Crippen molar-refractivity contribution in [2.75, 3.05) is 0 Å². The fraction of sp³-hybridized carbons (Fsp3) is 0.561. The van der Waals surface area contributed by atoms with E-state index in [1.165, 1.54) is 0 Å². The maximum atomic E-state index is 14.0. The van der Waals surface area contributed by atoms with Crippen LogP contribution in [0, 0.1) is 23.7 Å². The van der Waals surface area contributed by atoms with Gasteiger partial charge >= 0.3 is 5.97 Å². The van der Waals surface area contributed by atoms with E-state index in [0.29, 0.717) is 6.42 Å². The molecule has 4 unspecified atom stereocenters. The molecule has 13 heteroatoms. The summed E-state index contributed by atoms with van der Waals surface area (Å²) in [5.74, 6) is -4.58. The number of rotatable bonds is 22. The van der Waals surface area contributed by atoms with Crippen LogP contribution in [0.15, 0.2) is 60.7 Å². The largest absolute Gasteiger partial charge is 0.480 e. The van der Waals surface area contributed by atoms with Crippen LogP contribution in [-0.4, -0.2) is 76.9 Å². The van der Waals surface area contributed by atoms with Crippen molar-refractivity contribution in [2.24, 2.45) is 29.4 Å². The molecule has 8 N–H and O–H groups in total. The molecule has 298 valence electrons. The van der Waals surface area contributed by atoms with Gasteiger partial charge in [0.1, 0.15) is 24.2 Å². The van der Waals surface area contributed by atoms with Crippen molar-refractivity contribution in [3.8, 4) is 0 Å². The van der Waals surface area contributed by atoms with Crippen LogP contribution in [-0.2, 0) is 41.6 Å². The van der Waals surface area contributed by atoms with Gasteiger partial charge < -0.3 is 37.4 Å². The molecule has 0 aromatic heterocycles. The predicted octanol–water partition coefficient (Wildman–Crippen LogP) is 3.10. The number of carboxylic acid groups (broad SMARTS) is 1. The van der Waals surface area contributed by atoms with Gasteiger partial charge in [0.05, 0.1) is 0 Å². The van der Waals surface area contributed by atoms with E-state index in [9.17, 15) is 33.9 Å². The minimum absolute atomic E-state index is 0.0831. The Balaban J connectivity index is 2.30. The summed E-state index contributed by atoms with van der Waals surface area (Å²) in [6.07, 6.45) is 1.01. The van der Waals surface area contributed by atoms with Gasteiger partial charge in [0.2, 0.25) is 29.5 Å². The third-order valence-corrected chi connectivity index (χ3v) is 9.38. The molecule has 2 aromatic rings. The quantitative estimate of drug-likeness (QED) is 0.0949. The van der Waals surface area contributed by atoms with Crippen LogP contribution in [0.4, 0.5) is 0 Å². The summed E-state index contributed by atoms with van der Waals surface area (Å²) in [5, 5.41) is 23.6. The fourth-order valence-corrected chi connectivity index (χ4v) is 5.97. The second kappa shape index (κ2) is 22.4. The molecule has 2 aromatic carbocycles. The van der Waals surface area contributed by atoms with E-state index in [1.54, 1.807) is 34.6 Å². The standard InChI is InChI=1S/C41H62N6O7/c1-9-27(8)37(40(52)47-36(26(6)7)41(53)54)45-34(49)23-30(42)31(21-28-16-12-10-13-17-28)44-39(51)35(25(4)5)46-38(50)32(43-33(48)20-24(2)3)22-29-18-14-11-15-19-29/h10-19,24-27,30-32,35-37H,9,20-23,42H2,1-8H3,(H,43,48)(H,44,51)(H,45,49)(H,46,50)(H,47,52)(H,53,54)/t27-,30-,31?,32?,35?,36?,37-/m0/s1. The van der Waals surface area contributed by atoms with E-state index in [-0.39, 0.29) is 55.3 Å². The molecule has 13 nitrogen and oxygen atoms in total. The van der Waals surface area contributed by atoms with E-state index < -0.39 is 65.8 Å². The highest BCUT2D eigenvalue weighted by atomic mass is 16.4. The van der Waals surface area contributed by atoms with Gasteiger partial charge in [-0.2, -0.15) is 0 Å². The van der Waals surface area contributed by atoms with Crippen LogP contribution >= 0.6 is 0 Å². The number of carboxylic acids is 1. The van der Waals surface area contributed by atoms with Crippen LogP contribution in [0.3, 0.4) is 0 Å². The lowest BCUT2D eigenvalue weighted by Crippen LogP contribution is -2.60. The predicted molar refractivity (Wildman–Crippen MR) is 209 cm³/mol. The van der Waals surface area contributed by atoms with Gasteiger partial charge in [0.25, 0.3) is 0 Å². The third-order valence-electron chi connectivity index (χ3n) is 9.38. The molecule has 0 saturated heterocycles. The lowest BCUT2D eigenvalue weighted by Gasteiger charge is -2.31. The zero-order chi connectivity index (χ0) is 40.5. The summed E-state index contributed by atoms with van der Waals surface area (Å²) in [4.78, 5) is 79.0. The molecule has 54 heavy (non-hydrogen) atoms. The number of nitrogens with one attached hydrogen (secondary N) is 5. The van der Waals surface area contributed by atoms with Gasteiger partial charge in [0, 0.05) is 31.3 Å². The van der Waals surface area contributed by atoms with Crippen molar-refractivity contribution in [1.82, 2.24) is 26.6 Å². The summed E-state index contributed by atoms with van der Waals surface area (Å²) in [5.41, 5.74) is 8.35. The van der Waals surface area contributed by atoms with Crippen molar-refractivity contribution < 1.29 is 33.9 Å². The van der Waals surface area contributed by atoms with Crippen molar-refractivity contribution in [1.29, 1.82) is 0 Å². The van der Waals surface area contributed by atoms with Gasteiger partial charge in [-0.05, 0) is 41.2 Å². The lowest BCUT2D eigenvalue weighted by atomic mass is 9.94. The van der Waals surface area contributed by atoms with E-state index in [1.807, 2.05) is 81.4 Å². The topological polar surface area (TPSA) is 209 Å². The van der Waals surface area contributed by atoms with Gasteiger partial charge in [0.15, 0.2) is 0 Å². The zero-order valence-electron chi connectivity index (χ0n) is 33.1. The van der Waals surface area contributed by atoms with Crippen LogP contribution in [0.25, 0.3) is 0 Å². The van der Waals surface area contributed by atoms with Crippen LogP contribution in [0.1, 0.15) is 85.8 Å². The van der Waals surface area contributed by atoms with E-state index in [2.05, 4.69) is 26.6 Å². The van der Waals surface area contributed by atoms with Crippen molar-refractivity contribution in [3.63, 3.8) is 0 Å². The summed E-state index contributed by atoms with van der Waals surface area (Å²) >= 11 is 0.